The van der Waals surface area contributed by atoms with E-state index in [1.54, 1.807) is 31.2 Å². The average molecular weight is 347 g/mol. The number of hydrogen-bond donors (Lipinski definition) is 0. The molecular weight excluding hydrogens is 335 g/mol. The second-order valence-electron chi connectivity index (χ2n) is 5.15. The molecule has 0 aliphatic carbocycles. The lowest BCUT2D eigenvalue weighted by atomic mass is 10.1. The van der Waals surface area contributed by atoms with Crippen LogP contribution in [0.4, 0.5) is 0 Å². The van der Waals surface area contributed by atoms with Crippen molar-refractivity contribution in [1.82, 2.24) is 9.55 Å². The highest BCUT2D eigenvalue weighted by Crippen LogP contribution is 2.24. The maximum absolute atomic E-state index is 12.7. The Balaban J connectivity index is 2.12. The van der Waals surface area contributed by atoms with Crippen LogP contribution in [-0.2, 0) is 0 Å². The number of ketones is 1. The van der Waals surface area contributed by atoms with Crippen molar-refractivity contribution in [2.45, 2.75) is 13.0 Å². The van der Waals surface area contributed by atoms with E-state index in [2.05, 4.69) is 4.98 Å². The molecule has 1 aromatic heterocycles. The number of hydrogen-bond acceptors (Lipinski definition) is 3. The minimum atomic E-state index is -0.681. The van der Waals surface area contributed by atoms with Crippen LogP contribution in [0.2, 0.25) is 10.0 Å². The molecule has 1 unspecified atom stereocenters. The number of carbonyl (C=O) groups is 1. The first-order chi connectivity index (χ1) is 11.0. The zero-order chi connectivity index (χ0) is 16.6. The minimum absolute atomic E-state index is 0.165. The molecule has 0 N–H and O–H groups in total. The molecule has 116 valence electrons. The van der Waals surface area contributed by atoms with Gasteiger partial charge in [-0.05, 0) is 19.1 Å². The Morgan fingerprint density at radius 1 is 1.17 bits per heavy atom. The lowest BCUT2D eigenvalue weighted by Gasteiger charge is -2.14. The van der Waals surface area contributed by atoms with Gasteiger partial charge in [0.05, 0.1) is 28.3 Å². The molecule has 0 fully saturated rings. The summed E-state index contributed by atoms with van der Waals surface area (Å²) >= 11 is 12.0. The highest BCUT2D eigenvalue weighted by Gasteiger charge is 2.19. The number of halogens is 2. The Morgan fingerprint density at radius 2 is 1.87 bits per heavy atom. The number of aromatic nitrogens is 2. The first kappa shape index (κ1) is 15.7. The minimum Gasteiger partial charge on any atom is -0.292 e. The molecule has 3 rings (SSSR count). The highest BCUT2D eigenvalue weighted by molar-refractivity contribution is 6.38. The summed E-state index contributed by atoms with van der Waals surface area (Å²) in [6.07, 6.45) is 1.34. The summed E-state index contributed by atoms with van der Waals surface area (Å²) in [5.74, 6) is -0.165. The third-order valence-electron chi connectivity index (χ3n) is 3.66. The van der Waals surface area contributed by atoms with Gasteiger partial charge in [-0.1, -0.05) is 53.5 Å². The molecule has 3 aromatic rings. The van der Waals surface area contributed by atoms with E-state index < -0.39 is 6.04 Å². The van der Waals surface area contributed by atoms with Gasteiger partial charge in [-0.15, -0.1) is 0 Å². The molecule has 0 radical (unpaired) electrons. The van der Waals surface area contributed by atoms with E-state index in [-0.39, 0.29) is 16.7 Å². The van der Waals surface area contributed by atoms with Gasteiger partial charge in [-0.25, -0.2) is 4.98 Å². The van der Waals surface area contributed by atoms with Gasteiger partial charge < -0.3 is 0 Å². The molecule has 0 amide bonds. The van der Waals surface area contributed by atoms with Crippen LogP contribution in [0, 0.1) is 0 Å². The van der Waals surface area contributed by atoms with E-state index >= 15 is 0 Å². The molecule has 4 nitrogen and oxygen atoms in total. The maximum Gasteiger partial charge on any atom is 0.261 e. The average Bonchev–Trinajstić information content (AvgIpc) is 2.55. The van der Waals surface area contributed by atoms with Gasteiger partial charge >= 0.3 is 0 Å². The predicted octanol–water partition coefficient (Wildman–Crippen LogP) is 4.15. The molecule has 0 saturated carbocycles. The van der Waals surface area contributed by atoms with Crippen LogP contribution in [0.3, 0.4) is 0 Å². The molecule has 1 atom stereocenters. The van der Waals surface area contributed by atoms with Crippen molar-refractivity contribution in [1.29, 1.82) is 0 Å². The summed E-state index contributed by atoms with van der Waals surface area (Å²) < 4.78 is 1.30. The molecular formula is C17H12Cl2N2O2. The lowest BCUT2D eigenvalue weighted by Crippen LogP contribution is -2.28. The molecule has 2 aromatic carbocycles. The van der Waals surface area contributed by atoms with E-state index in [1.807, 2.05) is 6.07 Å². The largest absolute Gasteiger partial charge is 0.292 e. The van der Waals surface area contributed by atoms with Gasteiger partial charge in [0.2, 0.25) is 0 Å². The SMILES string of the molecule is CC(C(=O)c1ccccc1)n1cnc2c(Cl)cc(Cl)cc2c1=O. The first-order valence-electron chi connectivity index (χ1n) is 6.94. The third-order valence-corrected chi connectivity index (χ3v) is 4.17. The number of carbonyl (C=O) groups excluding carboxylic acids is 1. The highest BCUT2D eigenvalue weighted by atomic mass is 35.5. The van der Waals surface area contributed by atoms with E-state index in [9.17, 15) is 9.59 Å². The Morgan fingerprint density at radius 3 is 2.57 bits per heavy atom. The van der Waals surface area contributed by atoms with E-state index in [0.29, 0.717) is 21.1 Å². The third kappa shape index (κ3) is 2.87. The summed E-state index contributed by atoms with van der Waals surface area (Å²) in [6, 6.07) is 11.2. The van der Waals surface area contributed by atoms with Crippen LogP contribution in [0.1, 0.15) is 23.3 Å². The fourth-order valence-corrected chi connectivity index (χ4v) is 2.96. The number of nitrogens with zero attached hydrogens (tertiary/aromatic N) is 2. The number of fused-ring (bicyclic) bond motifs is 1. The summed E-state index contributed by atoms with van der Waals surface area (Å²) in [5, 5.41) is 0.942. The first-order valence-corrected chi connectivity index (χ1v) is 7.70. The van der Waals surface area contributed by atoms with Gasteiger partial charge in [-0.2, -0.15) is 0 Å². The van der Waals surface area contributed by atoms with Crippen LogP contribution in [-0.4, -0.2) is 15.3 Å². The second kappa shape index (κ2) is 6.14. The summed E-state index contributed by atoms with van der Waals surface area (Å²) in [5.41, 5.74) is 0.559. The Kier molecular flexibility index (Phi) is 4.20. The van der Waals surface area contributed by atoms with Crippen LogP contribution >= 0.6 is 23.2 Å². The molecule has 1 heterocycles. The molecule has 0 spiro atoms. The van der Waals surface area contributed by atoms with Crippen molar-refractivity contribution < 1.29 is 4.79 Å². The summed E-state index contributed by atoms with van der Waals surface area (Å²) in [4.78, 5) is 29.4. The monoisotopic (exact) mass is 346 g/mol. The Hall–Kier alpha value is -2.17. The van der Waals surface area contributed by atoms with Crippen LogP contribution in [0.25, 0.3) is 10.9 Å². The van der Waals surface area contributed by atoms with Crippen molar-refractivity contribution in [2.24, 2.45) is 0 Å². The van der Waals surface area contributed by atoms with Crippen molar-refractivity contribution in [2.75, 3.05) is 0 Å². The van der Waals surface area contributed by atoms with Crippen molar-refractivity contribution in [3.05, 3.63) is 74.8 Å². The molecule has 0 aliphatic heterocycles. The van der Waals surface area contributed by atoms with E-state index in [1.165, 1.54) is 23.0 Å². The molecule has 0 bridgehead atoms. The Labute approximate surface area is 142 Å². The standard InChI is InChI=1S/C17H12Cl2N2O2/c1-10(16(22)11-5-3-2-4-6-11)21-9-20-15-13(17(21)23)7-12(18)8-14(15)19/h2-10H,1H3. The topological polar surface area (TPSA) is 52.0 Å². The van der Waals surface area contributed by atoms with Gasteiger partial charge in [0.25, 0.3) is 5.56 Å². The fourth-order valence-electron chi connectivity index (χ4n) is 2.42. The fraction of sp³-hybridized carbons (Fsp3) is 0.118. The summed E-state index contributed by atoms with van der Waals surface area (Å²) in [6.45, 7) is 1.66. The Bertz CT molecular complexity index is 952. The van der Waals surface area contributed by atoms with Crippen molar-refractivity contribution >= 4 is 39.9 Å². The predicted molar refractivity (Wildman–Crippen MR) is 91.5 cm³/mol. The van der Waals surface area contributed by atoms with Crippen LogP contribution < -0.4 is 5.56 Å². The van der Waals surface area contributed by atoms with Gasteiger partial charge in [-0.3, -0.25) is 14.2 Å². The molecule has 6 heteroatoms. The second-order valence-corrected chi connectivity index (χ2v) is 5.99. The van der Waals surface area contributed by atoms with E-state index in [4.69, 9.17) is 23.2 Å². The molecule has 0 aliphatic rings. The molecule has 0 saturated heterocycles. The lowest BCUT2D eigenvalue weighted by molar-refractivity contribution is 0.0932. The van der Waals surface area contributed by atoms with Crippen LogP contribution in [0.5, 0.6) is 0 Å². The van der Waals surface area contributed by atoms with Crippen molar-refractivity contribution in [3.8, 4) is 0 Å². The summed E-state index contributed by atoms with van der Waals surface area (Å²) in [7, 11) is 0. The molecule has 23 heavy (non-hydrogen) atoms. The van der Waals surface area contributed by atoms with Crippen LogP contribution in [0.15, 0.2) is 53.6 Å². The number of Topliss-reactive ketones (excluding diaryl/α,β-unsaturated/α-hetero) is 1. The smallest absolute Gasteiger partial charge is 0.261 e. The zero-order valence-corrected chi connectivity index (χ0v) is 13.7. The normalized spacial score (nSPS) is 12.3. The van der Waals surface area contributed by atoms with Gasteiger partial charge in [0.15, 0.2) is 5.78 Å². The van der Waals surface area contributed by atoms with Gasteiger partial charge in [0, 0.05) is 10.6 Å². The number of rotatable bonds is 3. The van der Waals surface area contributed by atoms with Gasteiger partial charge in [0.1, 0.15) is 0 Å². The quantitative estimate of drug-likeness (QED) is 0.669. The van der Waals surface area contributed by atoms with Crippen molar-refractivity contribution in [3.63, 3.8) is 0 Å². The van der Waals surface area contributed by atoms with E-state index in [0.717, 1.165) is 0 Å². The number of benzene rings is 2. The maximum atomic E-state index is 12.7. The zero-order valence-electron chi connectivity index (χ0n) is 12.2.